The molecule has 5 aromatic rings. The minimum absolute atomic E-state index is 0.207. The van der Waals surface area contributed by atoms with Gasteiger partial charge in [0.15, 0.2) is 0 Å². The molecule has 0 unspecified atom stereocenters. The molecule has 5 nitrogen and oxygen atoms in total. The average Bonchev–Trinajstić information content (AvgIpc) is 2.78. The third-order valence-electron chi connectivity index (χ3n) is 5.14. The molecule has 3 aromatic carbocycles. The van der Waals surface area contributed by atoms with E-state index < -0.39 is 0 Å². The number of rotatable bonds is 3. The Bertz CT molecular complexity index is 1560. The van der Waals surface area contributed by atoms with Crippen LogP contribution in [0.3, 0.4) is 0 Å². The molecule has 0 amide bonds. The van der Waals surface area contributed by atoms with Crippen molar-refractivity contribution < 1.29 is 4.39 Å². The molecule has 0 bridgehead atoms. The number of para-hydroxylation sites is 1. The van der Waals surface area contributed by atoms with E-state index in [1.807, 2.05) is 0 Å². The first kappa shape index (κ1) is 19.2. The second kappa shape index (κ2) is 7.49. The number of halogens is 2. The van der Waals surface area contributed by atoms with E-state index in [4.69, 9.17) is 11.6 Å². The van der Waals surface area contributed by atoms with Gasteiger partial charge in [0, 0.05) is 23.2 Å². The highest BCUT2D eigenvalue weighted by atomic mass is 35.5. The van der Waals surface area contributed by atoms with Gasteiger partial charge >= 0.3 is 0 Å². The lowest BCUT2D eigenvalue weighted by Crippen LogP contribution is -2.30. The van der Waals surface area contributed by atoms with Crippen LogP contribution in [0.4, 0.5) is 4.39 Å². The molecule has 0 fully saturated rings. The van der Waals surface area contributed by atoms with E-state index in [1.54, 1.807) is 60.7 Å². The Labute approximate surface area is 180 Å². The van der Waals surface area contributed by atoms with Crippen LogP contribution in [0.1, 0.15) is 11.1 Å². The van der Waals surface area contributed by atoms with Crippen molar-refractivity contribution in [2.45, 2.75) is 6.42 Å². The third-order valence-corrected chi connectivity index (χ3v) is 5.40. The summed E-state index contributed by atoms with van der Waals surface area (Å²) in [4.78, 5) is 31.3. The van der Waals surface area contributed by atoms with Crippen LogP contribution < -0.4 is 11.1 Å². The molecule has 2 heterocycles. The van der Waals surface area contributed by atoms with Gasteiger partial charge in [-0.3, -0.25) is 14.0 Å². The first-order chi connectivity index (χ1) is 15.0. The lowest BCUT2D eigenvalue weighted by atomic mass is 10.1. The largest absolute Gasteiger partial charge is 0.268 e. The van der Waals surface area contributed by atoms with Gasteiger partial charge in [-0.25, -0.2) is 13.9 Å². The second-order valence-corrected chi connectivity index (χ2v) is 7.62. The van der Waals surface area contributed by atoms with E-state index in [9.17, 15) is 14.0 Å². The topological polar surface area (TPSA) is 56.4 Å². The Morgan fingerprint density at radius 3 is 2.32 bits per heavy atom. The lowest BCUT2D eigenvalue weighted by Gasteiger charge is -2.14. The predicted molar refractivity (Wildman–Crippen MR) is 119 cm³/mol. The van der Waals surface area contributed by atoms with Crippen molar-refractivity contribution >= 4 is 28.3 Å². The number of hydrogen-bond acceptors (Lipinski definition) is 3. The van der Waals surface area contributed by atoms with Crippen LogP contribution in [0.25, 0.3) is 22.4 Å². The van der Waals surface area contributed by atoms with Crippen molar-refractivity contribution in [3.05, 3.63) is 122 Å². The quantitative estimate of drug-likeness (QED) is 0.398. The minimum Gasteiger partial charge on any atom is -0.268 e. The zero-order chi connectivity index (χ0) is 21.5. The molecule has 2 aromatic heterocycles. The van der Waals surface area contributed by atoms with E-state index in [1.165, 1.54) is 27.3 Å². The van der Waals surface area contributed by atoms with Crippen LogP contribution in [0.15, 0.2) is 88.6 Å². The summed E-state index contributed by atoms with van der Waals surface area (Å²) >= 11 is 6.02. The van der Waals surface area contributed by atoms with Crippen molar-refractivity contribution in [3.63, 3.8) is 0 Å². The Kier molecular flexibility index (Phi) is 4.64. The number of hydrogen-bond donors (Lipinski definition) is 0. The Hall–Kier alpha value is -3.77. The first-order valence-corrected chi connectivity index (χ1v) is 9.95. The first-order valence-electron chi connectivity index (χ1n) is 9.58. The molecule has 31 heavy (non-hydrogen) atoms. The highest BCUT2D eigenvalue weighted by molar-refractivity contribution is 6.30. The smallest absolute Gasteiger partial charge is 0.266 e. The van der Waals surface area contributed by atoms with Gasteiger partial charge in [0.25, 0.3) is 11.1 Å². The van der Waals surface area contributed by atoms with Gasteiger partial charge in [-0.2, -0.15) is 0 Å². The predicted octanol–water partition coefficient (Wildman–Crippen LogP) is 4.38. The Morgan fingerprint density at radius 2 is 1.58 bits per heavy atom. The van der Waals surface area contributed by atoms with Gasteiger partial charge in [-0.15, -0.1) is 0 Å². The highest BCUT2D eigenvalue weighted by Gasteiger charge is 2.16. The van der Waals surface area contributed by atoms with Crippen molar-refractivity contribution in [1.82, 2.24) is 14.0 Å². The van der Waals surface area contributed by atoms with Gasteiger partial charge in [0.1, 0.15) is 5.82 Å². The molecule has 0 spiro atoms. The SMILES string of the molecule is O=c1c(Cc2ccc(F)cc2)cn2c(=O)c3ccccc3nc2n1-c1ccc(Cl)cc1. The van der Waals surface area contributed by atoms with Gasteiger partial charge in [-0.1, -0.05) is 35.9 Å². The van der Waals surface area contributed by atoms with Gasteiger partial charge in [-0.05, 0) is 54.1 Å². The van der Waals surface area contributed by atoms with E-state index in [-0.39, 0.29) is 29.1 Å². The van der Waals surface area contributed by atoms with Gasteiger partial charge in [0.2, 0.25) is 5.78 Å². The normalized spacial score (nSPS) is 11.3. The molecule has 7 heteroatoms. The van der Waals surface area contributed by atoms with Gasteiger partial charge in [0.05, 0.1) is 16.6 Å². The molecule has 0 saturated heterocycles. The lowest BCUT2D eigenvalue weighted by molar-refractivity contribution is 0.627. The highest BCUT2D eigenvalue weighted by Crippen LogP contribution is 2.17. The van der Waals surface area contributed by atoms with Crippen molar-refractivity contribution in [2.75, 3.05) is 0 Å². The molecule has 0 atom stereocenters. The maximum absolute atomic E-state index is 13.5. The number of nitrogens with zero attached hydrogens (tertiary/aromatic N) is 3. The summed E-state index contributed by atoms with van der Waals surface area (Å²) in [7, 11) is 0. The van der Waals surface area contributed by atoms with Crippen LogP contribution in [0.5, 0.6) is 0 Å². The average molecular weight is 432 g/mol. The van der Waals surface area contributed by atoms with Crippen LogP contribution in [-0.4, -0.2) is 14.0 Å². The van der Waals surface area contributed by atoms with Gasteiger partial charge < -0.3 is 0 Å². The van der Waals surface area contributed by atoms with Crippen LogP contribution in [-0.2, 0) is 6.42 Å². The molecule has 152 valence electrons. The van der Waals surface area contributed by atoms with E-state index >= 15 is 0 Å². The van der Waals surface area contributed by atoms with Crippen molar-refractivity contribution in [2.24, 2.45) is 0 Å². The minimum atomic E-state index is -0.354. The summed E-state index contributed by atoms with van der Waals surface area (Å²) < 4.78 is 16.1. The maximum Gasteiger partial charge on any atom is 0.266 e. The van der Waals surface area contributed by atoms with Crippen molar-refractivity contribution in [1.29, 1.82) is 0 Å². The number of fused-ring (bicyclic) bond motifs is 2. The Morgan fingerprint density at radius 1 is 0.871 bits per heavy atom. The third kappa shape index (κ3) is 3.41. The summed E-state index contributed by atoms with van der Waals surface area (Å²) in [5, 5.41) is 0.980. The summed E-state index contributed by atoms with van der Waals surface area (Å²) in [6.07, 6.45) is 1.76. The monoisotopic (exact) mass is 431 g/mol. The molecule has 0 aliphatic heterocycles. The fourth-order valence-electron chi connectivity index (χ4n) is 3.62. The summed E-state index contributed by atoms with van der Waals surface area (Å²) in [5.41, 5.74) is 1.59. The van der Waals surface area contributed by atoms with Crippen LogP contribution >= 0.6 is 11.6 Å². The van der Waals surface area contributed by atoms with Crippen molar-refractivity contribution in [3.8, 4) is 5.69 Å². The molecule has 0 N–H and O–H groups in total. The second-order valence-electron chi connectivity index (χ2n) is 7.18. The molecular weight excluding hydrogens is 417 g/mol. The summed E-state index contributed by atoms with van der Waals surface area (Å²) in [5.74, 6) is -0.147. The summed E-state index contributed by atoms with van der Waals surface area (Å²) in [6, 6.07) is 19.7. The van der Waals surface area contributed by atoms with E-state index in [2.05, 4.69) is 4.98 Å². The molecule has 5 rings (SSSR count). The molecule has 0 aliphatic rings. The standard InChI is InChI=1S/C24H15ClFN3O2/c25-17-7-11-19(12-8-17)29-22(30)16(13-15-5-9-18(26)10-6-15)14-28-23(31)20-3-1-2-4-21(20)27-24(28)29/h1-12,14H,13H2. The molecular formula is C24H15ClFN3O2. The zero-order valence-electron chi connectivity index (χ0n) is 16.1. The molecule has 0 saturated carbocycles. The summed E-state index contributed by atoms with van der Waals surface area (Å²) in [6.45, 7) is 0. The number of aromatic nitrogens is 3. The fraction of sp³-hybridized carbons (Fsp3) is 0.0417. The van der Waals surface area contributed by atoms with E-state index in [0.717, 1.165) is 5.56 Å². The Balaban J connectivity index is 1.85. The zero-order valence-corrected chi connectivity index (χ0v) is 16.9. The maximum atomic E-state index is 13.5. The van der Waals surface area contributed by atoms with E-state index in [0.29, 0.717) is 27.2 Å². The number of benzene rings is 3. The fourth-order valence-corrected chi connectivity index (χ4v) is 3.75. The van der Waals surface area contributed by atoms with Crippen LogP contribution in [0, 0.1) is 5.82 Å². The molecule has 0 radical (unpaired) electrons. The molecule has 0 aliphatic carbocycles. The van der Waals surface area contributed by atoms with Crippen LogP contribution in [0.2, 0.25) is 5.02 Å².